The Balaban J connectivity index is 2.02. The Bertz CT molecular complexity index is 392. The van der Waals surface area contributed by atoms with Gasteiger partial charge in [0.05, 0.1) is 12.3 Å². The van der Waals surface area contributed by atoms with E-state index in [-0.39, 0.29) is 23.4 Å². The molecule has 0 aliphatic heterocycles. The first-order valence-electron chi connectivity index (χ1n) is 5.56. The molecule has 0 amide bonds. The highest BCUT2D eigenvalue weighted by Crippen LogP contribution is 2.25. The summed E-state index contributed by atoms with van der Waals surface area (Å²) in [4.78, 5) is 7.27. The number of halogens is 2. The quantitative estimate of drug-likeness (QED) is 0.784. The fourth-order valence-electron chi connectivity index (χ4n) is 1.99. The van der Waals surface area contributed by atoms with E-state index in [1.165, 1.54) is 0 Å². The minimum Gasteiger partial charge on any atom is -0.472 e. The van der Waals surface area contributed by atoms with Gasteiger partial charge in [-0.2, -0.15) is 9.37 Å². The van der Waals surface area contributed by atoms with E-state index in [0.29, 0.717) is 0 Å². The van der Waals surface area contributed by atoms with Crippen LogP contribution in [-0.2, 0) is 4.74 Å². The standard InChI is InChI=1S/C11H14ClFN2O2/c1-16-7-3-2-4-8(5-7)17-10-9(13)6-14-11(12)15-10/h6-8H,2-5H2,1H3. The largest absolute Gasteiger partial charge is 0.472 e. The average Bonchev–Trinajstić information content (AvgIpc) is 2.34. The lowest BCUT2D eigenvalue weighted by atomic mass is 9.95. The molecule has 0 radical (unpaired) electrons. The highest BCUT2D eigenvalue weighted by atomic mass is 35.5. The fourth-order valence-corrected chi connectivity index (χ4v) is 2.12. The molecule has 1 aromatic heterocycles. The van der Waals surface area contributed by atoms with E-state index in [1.54, 1.807) is 7.11 Å². The van der Waals surface area contributed by atoms with E-state index in [9.17, 15) is 4.39 Å². The van der Waals surface area contributed by atoms with Crippen molar-refractivity contribution in [1.82, 2.24) is 9.97 Å². The highest BCUT2D eigenvalue weighted by Gasteiger charge is 2.24. The van der Waals surface area contributed by atoms with Gasteiger partial charge >= 0.3 is 0 Å². The Morgan fingerprint density at radius 2 is 2.18 bits per heavy atom. The Labute approximate surface area is 104 Å². The van der Waals surface area contributed by atoms with Crippen LogP contribution >= 0.6 is 11.6 Å². The number of hydrogen-bond acceptors (Lipinski definition) is 4. The minimum atomic E-state index is -0.589. The Morgan fingerprint density at radius 3 is 2.94 bits per heavy atom. The third-order valence-corrected chi connectivity index (χ3v) is 3.05. The summed E-state index contributed by atoms with van der Waals surface area (Å²) < 4.78 is 24.2. The monoisotopic (exact) mass is 260 g/mol. The number of nitrogens with zero attached hydrogens (tertiary/aromatic N) is 2. The molecule has 1 saturated carbocycles. The molecule has 2 unspecified atom stereocenters. The third-order valence-electron chi connectivity index (χ3n) is 2.87. The molecule has 0 aromatic carbocycles. The van der Waals surface area contributed by atoms with E-state index in [2.05, 4.69) is 9.97 Å². The molecule has 0 spiro atoms. The molecule has 4 nitrogen and oxygen atoms in total. The Kier molecular flexibility index (Phi) is 4.12. The molecular weight excluding hydrogens is 247 g/mol. The molecule has 1 aromatic rings. The zero-order valence-electron chi connectivity index (χ0n) is 9.53. The number of rotatable bonds is 3. The van der Waals surface area contributed by atoms with Gasteiger partial charge in [-0.1, -0.05) is 0 Å². The van der Waals surface area contributed by atoms with Gasteiger partial charge in [0.15, 0.2) is 0 Å². The molecule has 1 aliphatic carbocycles. The first-order chi connectivity index (χ1) is 8.19. The molecule has 1 heterocycles. The summed E-state index contributed by atoms with van der Waals surface area (Å²) in [5.74, 6) is -0.666. The third kappa shape index (κ3) is 3.26. The van der Waals surface area contributed by atoms with Gasteiger partial charge in [0.1, 0.15) is 6.10 Å². The molecule has 2 atom stereocenters. The van der Waals surface area contributed by atoms with Crippen molar-refractivity contribution in [3.63, 3.8) is 0 Å². The predicted molar refractivity (Wildman–Crippen MR) is 60.7 cm³/mol. The highest BCUT2D eigenvalue weighted by molar-refractivity contribution is 6.28. The van der Waals surface area contributed by atoms with Crippen LogP contribution in [0.2, 0.25) is 5.28 Å². The van der Waals surface area contributed by atoms with Crippen molar-refractivity contribution in [2.24, 2.45) is 0 Å². The van der Waals surface area contributed by atoms with Crippen LogP contribution in [0.3, 0.4) is 0 Å². The van der Waals surface area contributed by atoms with E-state index in [1.807, 2.05) is 0 Å². The van der Waals surface area contributed by atoms with E-state index >= 15 is 0 Å². The lowest BCUT2D eigenvalue weighted by Gasteiger charge is -2.28. The van der Waals surface area contributed by atoms with Crippen LogP contribution < -0.4 is 4.74 Å². The maximum absolute atomic E-state index is 13.4. The van der Waals surface area contributed by atoms with Gasteiger partial charge in [0.2, 0.25) is 11.1 Å². The number of ether oxygens (including phenoxy) is 2. The maximum Gasteiger partial charge on any atom is 0.255 e. The molecule has 1 aliphatic rings. The molecule has 0 saturated heterocycles. The second-order valence-corrected chi connectivity index (χ2v) is 4.39. The molecule has 6 heteroatoms. The molecule has 0 bridgehead atoms. The fraction of sp³-hybridized carbons (Fsp3) is 0.636. The van der Waals surface area contributed by atoms with Crippen LogP contribution in [0.1, 0.15) is 25.7 Å². The summed E-state index contributed by atoms with van der Waals surface area (Å²) in [7, 11) is 1.68. The maximum atomic E-state index is 13.4. The molecule has 94 valence electrons. The van der Waals surface area contributed by atoms with Crippen molar-refractivity contribution in [3.05, 3.63) is 17.3 Å². The number of hydrogen-bond donors (Lipinski definition) is 0. The minimum absolute atomic E-state index is 0.0134. The van der Waals surface area contributed by atoms with Gasteiger partial charge in [-0.05, 0) is 30.9 Å². The molecule has 1 fully saturated rings. The van der Waals surface area contributed by atoms with Crippen LogP contribution in [0.4, 0.5) is 4.39 Å². The molecule has 2 rings (SSSR count). The van der Waals surface area contributed by atoms with Crippen LogP contribution in [0.5, 0.6) is 5.88 Å². The number of aromatic nitrogens is 2. The smallest absolute Gasteiger partial charge is 0.255 e. The molecule has 0 N–H and O–H groups in total. The average molecular weight is 261 g/mol. The van der Waals surface area contributed by atoms with E-state index < -0.39 is 5.82 Å². The van der Waals surface area contributed by atoms with Gasteiger partial charge in [-0.25, -0.2) is 4.98 Å². The van der Waals surface area contributed by atoms with Gasteiger partial charge in [-0.15, -0.1) is 0 Å². The van der Waals surface area contributed by atoms with Crippen molar-refractivity contribution in [3.8, 4) is 5.88 Å². The number of methoxy groups -OCH3 is 1. The summed E-state index contributed by atoms with van der Waals surface area (Å²) >= 11 is 5.60. The summed E-state index contributed by atoms with van der Waals surface area (Å²) in [5, 5.41) is -0.0134. The van der Waals surface area contributed by atoms with Gasteiger partial charge in [0.25, 0.3) is 5.88 Å². The Hall–Kier alpha value is -0.940. The van der Waals surface area contributed by atoms with Crippen LogP contribution in [-0.4, -0.2) is 29.3 Å². The molecule has 17 heavy (non-hydrogen) atoms. The lowest BCUT2D eigenvalue weighted by Crippen LogP contribution is -2.30. The van der Waals surface area contributed by atoms with Gasteiger partial charge in [0, 0.05) is 13.5 Å². The van der Waals surface area contributed by atoms with Crippen LogP contribution in [0.15, 0.2) is 6.20 Å². The summed E-state index contributed by atoms with van der Waals surface area (Å²) in [6.07, 6.45) is 4.76. The first-order valence-corrected chi connectivity index (χ1v) is 5.94. The van der Waals surface area contributed by atoms with Crippen molar-refractivity contribution in [2.45, 2.75) is 37.9 Å². The van der Waals surface area contributed by atoms with E-state index in [4.69, 9.17) is 21.1 Å². The second kappa shape index (κ2) is 5.60. The normalized spacial score (nSPS) is 24.6. The SMILES string of the molecule is COC1CCCC(Oc2nc(Cl)ncc2F)C1. The first kappa shape index (κ1) is 12.5. The van der Waals surface area contributed by atoms with Gasteiger partial charge in [-0.3, -0.25) is 0 Å². The summed E-state index contributed by atoms with van der Waals surface area (Å²) in [5.41, 5.74) is 0. The Morgan fingerprint density at radius 1 is 1.41 bits per heavy atom. The zero-order valence-corrected chi connectivity index (χ0v) is 10.3. The predicted octanol–water partition coefficient (Wildman–Crippen LogP) is 2.61. The van der Waals surface area contributed by atoms with Crippen LogP contribution in [0, 0.1) is 5.82 Å². The van der Waals surface area contributed by atoms with Crippen LogP contribution in [0.25, 0.3) is 0 Å². The van der Waals surface area contributed by atoms with Crippen molar-refractivity contribution >= 4 is 11.6 Å². The second-order valence-electron chi connectivity index (χ2n) is 4.06. The van der Waals surface area contributed by atoms with E-state index in [0.717, 1.165) is 31.9 Å². The van der Waals surface area contributed by atoms with Crippen molar-refractivity contribution in [2.75, 3.05) is 7.11 Å². The summed E-state index contributed by atoms with van der Waals surface area (Å²) in [6.45, 7) is 0. The van der Waals surface area contributed by atoms with Gasteiger partial charge < -0.3 is 9.47 Å². The summed E-state index contributed by atoms with van der Waals surface area (Å²) in [6, 6.07) is 0. The van der Waals surface area contributed by atoms with Crippen molar-refractivity contribution in [1.29, 1.82) is 0 Å². The van der Waals surface area contributed by atoms with Crippen molar-refractivity contribution < 1.29 is 13.9 Å². The molecular formula is C11H14ClFN2O2. The lowest BCUT2D eigenvalue weighted by molar-refractivity contribution is 0.0181. The zero-order chi connectivity index (χ0) is 12.3. The topological polar surface area (TPSA) is 44.2 Å².